The predicted octanol–water partition coefficient (Wildman–Crippen LogP) is 4.13. The molecule has 2 aliphatic rings. The van der Waals surface area contributed by atoms with E-state index in [1.807, 2.05) is 0 Å². The summed E-state index contributed by atoms with van der Waals surface area (Å²) in [6.45, 7) is 11.8. The molecule has 1 heteroatoms. The van der Waals surface area contributed by atoms with Crippen LogP contribution < -0.4 is 5.73 Å². The Hall–Kier alpha value is -0.300. The molecule has 98 valence electrons. The number of nitrogens with two attached hydrogens (primary N) is 1. The molecule has 0 heterocycles. The number of fused-ring (bicyclic) bond motifs is 2. The van der Waals surface area contributed by atoms with Crippen molar-refractivity contribution in [3.05, 3.63) is 11.1 Å². The van der Waals surface area contributed by atoms with Gasteiger partial charge in [-0.15, -0.1) is 0 Å². The van der Waals surface area contributed by atoms with Crippen molar-refractivity contribution in [3.8, 4) is 0 Å². The van der Waals surface area contributed by atoms with Crippen molar-refractivity contribution in [2.75, 3.05) is 0 Å². The van der Waals surface area contributed by atoms with Crippen LogP contribution >= 0.6 is 0 Å². The molecule has 2 bridgehead atoms. The Balaban J connectivity index is 2.45. The van der Waals surface area contributed by atoms with Gasteiger partial charge in [-0.25, -0.2) is 0 Å². The van der Waals surface area contributed by atoms with Crippen molar-refractivity contribution in [2.45, 2.75) is 66.3 Å². The molecule has 4 atom stereocenters. The first-order chi connectivity index (χ1) is 7.97. The summed E-state index contributed by atoms with van der Waals surface area (Å²) in [5.74, 6) is 2.26. The molecule has 0 radical (unpaired) electrons. The van der Waals surface area contributed by atoms with Crippen molar-refractivity contribution in [3.63, 3.8) is 0 Å². The van der Waals surface area contributed by atoms with Crippen molar-refractivity contribution in [1.29, 1.82) is 0 Å². The van der Waals surface area contributed by atoms with E-state index in [2.05, 4.69) is 34.6 Å². The zero-order valence-corrected chi connectivity index (χ0v) is 12.2. The summed E-state index contributed by atoms with van der Waals surface area (Å²) in [6, 6.07) is 0.383. The molecule has 1 saturated carbocycles. The minimum absolute atomic E-state index is 0.316. The zero-order chi connectivity index (χ0) is 12.8. The fraction of sp³-hybridized carbons (Fsp3) is 0.875. The maximum Gasteiger partial charge on any atom is 0.0200 e. The third kappa shape index (κ3) is 1.69. The molecule has 0 aromatic rings. The molecule has 0 amide bonds. The molecule has 1 fully saturated rings. The summed E-state index contributed by atoms with van der Waals surface area (Å²) < 4.78 is 0. The van der Waals surface area contributed by atoms with Crippen LogP contribution in [0, 0.1) is 23.2 Å². The molecule has 17 heavy (non-hydrogen) atoms. The van der Waals surface area contributed by atoms with Gasteiger partial charge in [0.15, 0.2) is 0 Å². The van der Waals surface area contributed by atoms with E-state index in [1.54, 1.807) is 11.1 Å². The van der Waals surface area contributed by atoms with Crippen molar-refractivity contribution >= 4 is 0 Å². The van der Waals surface area contributed by atoms with Crippen molar-refractivity contribution in [2.24, 2.45) is 28.9 Å². The highest BCUT2D eigenvalue weighted by Gasteiger charge is 2.53. The van der Waals surface area contributed by atoms with Gasteiger partial charge in [-0.3, -0.25) is 0 Å². The lowest BCUT2D eigenvalue weighted by Crippen LogP contribution is -2.48. The molecule has 0 spiro atoms. The first-order valence-corrected chi connectivity index (χ1v) is 7.45. The summed E-state index contributed by atoms with van der Waals surface area (Å²) in [7, 11) is 0. The van der Waals surface area contributed by atoms with Crippen LogP contribution in [0.25, 0.3) is 0 Å². The van der Waals surface area contributed by atoms with Gasteiger partial charge in [0.2, 0.25) is 0 Å². The van der Waals surface area contributed by atoms with Crippen LogP contribution in [0.15, 0.2) is 11.1 Å². The highest BCUT2D eigenvalue weighted by Crippen LogP contribution is 2.58. The predicted molar refractivity (Wildman–Crippen MR) is 74.7 cm³/mol. The number of hydrogen-bond acceptors (Lipinski definition) is 1. The lowest BCUT2D eigenvalue weighted by atomic mass is 9.63. The maximum absolute atomic E-state index is 6.64. The van der Waals surface area contributed by atoms with Crippen LogP contribution in [-0.4, -0.2) is 6.04 Å². The highest BCUT2D eigenvalue weighted by atomic mass is 14.8. The summed E-state index contributed by atoms with van der Waals surface area (Å²) in [4.78, 5) is 0. The van der Waals surface area contributed by atoms with E-state index in [4.69, 9.17) is 5.73 Å². The van der Waals surface area contributed by atoms with E-state index in [0.29, 0.717) is 17.4 Å². The van der Waals surface area contributed by atoms with E-state index in [1.165, 1.54) is 25.7 Å². The van der Waals surface area contributed by atoms with E-state index in [0.717, 1.165) is 11.8 Å². The minimum Gasteiger partial charge on any atom is -0.326 e. The quantitative estimate of drug-likeness (QED) is 0.731. The monoisotopic (exact) mass is 235 g/mol. The Kier molecular flexibility index (Phi) is 3.42. The lowest BCUT2D eigenvalue weighted by molar-refractivity contribution is 0.115. The summed E-state index contributed by atoms with van der Waals surface area (Å²) in [5.41, 5.74) is 10.4. The second-order valence-corrected chi connectivity index (χ2v) is 6.63. The van der Waals surface area contributed by atoms with E-state index in [9.17, 15) is 0 Å². The van der Waals surface area contributed by atoms with Crippen molar-refractivity contribution < 1.29 is 0 Å². The average Bonchev–Trinajstić information content (AvgIpc) is 2.43. The summed E-state index contributed by atoms with van der Waals surface area (Å²) in [6.07, 6.45) is 5.09. The number of rotatable bonds is 3. The Morgan fingerprint density at radius 2 is 1.94 bits per heavy atom. The molecule has 0 aliphatic heterocycles. The highest BCUT2D eigenvalue weighted by molar-refractivity contribution is 5.36. The van der Waals surface area contributed by atoms with Crippen LogP contribution in [0.4, 0.5) is 0 Å². The third-order valence-electron chi connectivity index (χ3n) is 5.65. The van der Waals surface area contributed by atoms with Crippen molar-refractivity contribution in [1.82, 2.24) is 0 Å². The minimum atomic E-state index is 0.316. The molecular formula is C16H29N. The third-order valence-corrected chi connectivity index (χ3v) is 5.65. The van der Waals surface area contributed by atoms with E-state index < -0.39 is 0 Å². The van der Waals surface area contributed by atoms with Crippen LogP contribution in [0.3, 0.4) is 0 Å². The fourth-order valence-corrected chi connectivity index (χ4v) is 4.70. The van der Waals surface area contributed by atoms with Crippen LogP contribution in [0.1, 0.15) is 60.3 Å². The Morgan fingerprint density at radius 1 is 1.29 bits per heavy atom. The SMILES string of the molecule is CCC1=C(CC)C2(C)CC[C@@H](C(C)C)C1C2N. The van der Waals surface area contributed by atoms with Crippen LogP contribution in [-0.2, 0) is 0 Å². The summed E-state index contributed by atoms with van der Waals surface area (Å²) in [5, 5.41) is 0. The average molecular weight is 235 g/mol. The molecule has 0 aromatic carbocycles. The summed E-state index contributed by atoms with van der Waals surface area (Å²) >= 11 is 0. The van der Waals surface area contributed by atoms with Gasteiger partial charge in [0.25, 0.3) is 0 Å². The van der Waals surface area contributed by atoms with Crippen LogP contribution in [0.5, 0.6) is 0 Å². The van der Waals surface area contributed by atoms with Gasteiger partial charge in [0, 0.05) is 11.5 Å². The van der Waals surface area contributed by atoms with E-state index >= 15 is 0 Å². The second kappa shape index (κ2) is 4.42. The largest absolute Gasteiger partial charge is 0.326 e. The maximum atomic E-state index is 6.64. The topological polar surface area (TPSA) is 26.0 Å². The fourth-order valence-electron chi connectivity index (χ4n) is 4.70. The molecule has 0 aromatic heterocycles. The molecular weight excluding hydrogens is 206 g/mol. The molecule has 0 saturated heterocycles. The molecule has 2 rings (SSSR count). The van der Waals surface area contributed by atoms with Gasteiger partial charge < -0.3 is 5.73 Å². The van der Waals surface area contributed by atoms with Gasteiger partial charge >= 0.3 is 0 Å². The molecule has 2 N–H and O–H groups in total. The number of hydrogen-bond donors (Lipinski definition) is 1. The normalized spacial score (nSPS) is 41.5. The lowest BCUT2D eigenvalue weighted by Gasteiger charge is -2.44. The molecule has 3 unspecified atom stereocenters. The molecule has 1 nitrogen and oxygen atoms in total. The second-order valence-electron chi connectivity index (χ2n) is 6.63. The first kappa shape index (κ1) is 13.1. The Morgan fingerprint density at radius 3 is 2.41 bits per heavy atom. The zero-order valence-electron chi connectivity index (χ0n) is 12.2. The van der Waals surface area contributed by atoms with Gasteiger partial charge in [0.05, 0.1) is 0 Å². The standard InChI is InChI=1S/C16H29N/c1-6-11-13(7-2)16(5)9-8-12(10(3)4)14(11)15(16)17/h10,12,14-15H,6-9,17H2,1-5H3/t12-,14?,15?,16?/m0/s1. The Bertz CT molecular complexity index is 328. The van der Waals surface area contributed by atoms with Gasteiger partial charge in [0.1, 0.15) is 0 Å². The Labute approximate surface area is 107 Å². The van der Waals surface area contributed by atoms with Gasteiger partial charge in [-0.05, 0) is 43.4 Å². The first-order valence-electron chi connectivity index (χ1n) is 7.45. The molecule has 2 aliphatic carbocycles. The van der Waals surface area contributed by atoms with Gasteiger partial charge in [-0.1, -0.05) is 45.8 Å². The van der Waals surface area contributed by atoms with E-state index in [-0.39, 0.29) is 0 Å². The smallest absolute Gasteiger partial charge is 0.0200 e. The van der Waals surface area contributed by atoms with Crippen LogP contribution in [0.2, 0.25) is 0 Å². The van der Waals surface area contributed by atoms with Gasteiger partial charge in [-0.2, -0.15) is 0 Å².